The highest BCUT2D eigenvalue weighted by molar-refractivity contribution is 9.10. The van der Waals surface area contributed by atoms with Crippen molar-refractivity contribution in [1.82, 2.24) is 5.32 Å². The predicted octanol–water partition coefficient (Wildman–Crippen LogP) is 3.06. The standard InChI is InChI=1S/C12H13Br2NO2/c13-6-12(3-4-12)7-15-11(17)9-2-1-8(14)5-10(9)16/h1-2,5,16H,3-4,6-7H2,(H,15,17). The van der Waals surface area contributed by atoms with Crippen LogP contribution in [0, 0.1) is 5.41 Å². The zero-order valence-corrected chi connectivity index (χ0v) is 12.3. The fourth-order valence-corrected chi connectivity index (χ4v) is 2.70. The third-order valence-corrected chi connectivity index (χ3v) is 4.75. The smallest absolute Gasteiger partial charge is 0.255 e. The van der Waals surface area contributed by atoms with Gasteiger partial charge < -0.3 is 10.4 Å². The molecule has 1 aromatic carbocycles. The fraction of sp³-hybridized carbons (Fsp3) is 0.417. The average Bonchev–Trinajstić information content (AvgIpc) is 3.07. The monoisotopic (exact) mass is 361 g/mol. The van der Waals surface area contributed by atoms with Crippen molar-refractivity contribution in [3.8, 4) is 5.75 Å². The van der Waals surface area contributed by atoms with Crippen LogP contribution in [0.25, 0.3) is 0 Å². The molecule has 0 aromatic heterocycles. The lowest BCUT2D eigenvalue weighted by atomic mass is 10.1. The molecule has 2 rings (SSSR count). The number of rotatable bonds is 4. The number of nitrogens with one attached hydrogen (secondary N) is 1. The van der Waals surface area contributed by atoms with Crippen molar-refractivity contribution in [2.75, 3.05) is 11.9 Å². The van der Waals surface area contributed by atoms with Crippen LogP contribution in [0.2, 0.25) is 0 Å². The van der Waals surface area contributed by atoms with Crippen molar-refractivity contribution in [3.05, 3.63) is 28.2 Å². The number of halogens is 2. The summed E-state index contributed by atoms with van der Waals surface area (Å²) < 4.78 is 0.755. The summed E-state index contributed by atoms with van der Waals surface area (Å²) in [6, 6.07) is 4.88. The first-order valence-electron chi connectivity index (χ1n) is 5.39. The van der Waals surface area contributed by atoms with Gasteiger partial charge in [0.1, 0.15) is 5.75 Å². The van der Waals surface area contributed by atoms with Crippen LogP contribution >= 0.6 is 31.9 Å². The van der Waals surface area contributed by atoms with Crippen molar-refractivity contribution < 1.29 is 9.90 Å². The molecule has 1 fully saturated rings. The number of hydrogen-bond donors (Lipinski definition) is 2. The maximum absolute atomic E-state index is 11.9. The van der Waals surface area contributed by atoms with E-state index in [2.05, 4.69) is 37.2 Å². The van der Waals surface area contributed by atoms with Gasteiger partial charge >= 0.3 is 0 Å². The number of carbonyl (C=O) groups is 1. The molecule has 2 N–H and O–H groups in total. The minimum atomic E-state index is -0.220. The quantitative estimate of drug-likeness (QED) is 0.808. The molecule has 0 unspecified atom stereocenters. The Hall–Kier alpha value is -0.550. The van der Waals surface area contributed by atoms with Crippen LogP contribution in [0.3, 0.4) is 0 Å². The van der Waals surface area contributed by atoms with Gasteiger partial charge in [-0.1, -0.05) is 31.9 Å². The molecule has 1 aromatic rings. The fourth-order valence-electron chi connectivity index (χ4n) is 1.59. The van der Waals surface area contributed by atoms with Crippen LogP contribution in [0.15, 0.2) is 22.7 Å². The van der Waals surface area contributed by atoms with E-state index in [4.69, 9.17) is 0 Å². The molecule has 0 saturated heterocycles. The minimum Gasteiger partial charge on any atom is -0.507 e. The summed E-state index contributed by atoms with van der Waals surface area (Å²) in [4.78, 5) is 11.9. The Bertz CT molecular complexity index is 444. The average molecular weight is 363 g/mol. The van der Waals surface area contributed by atoms with Crippen molar-refractivity contribution in [3.63, 3.8) is 0 Å². The molecule has 1 aliphatic carbocycles. The van der Waals surface area contributed by atoms with E-state index >= 15 is 0 Å². The Kier molecular flexibility index (Phi) is 3.78. The van der Waals surface area contributed by atoms with Gasteiger partial charge in [-0.25, -0.2) is 0 Å². The van der Waals surface area contributed by atoms with Crippen LogP contribution in [-0.4, -0.2) is 22.9 Å². The van der Waals surface area contributed by atoms with Crippen molar-refractivity contribution in [1.29, 1.82) is 0 Å². The van der Waals surface area contributed by atoms with Crippen LogP contribution in [0.5, 0.6) is 5.75 Å². The number of hydrogen-bond acceptors (Lipinski definition) is 2. The second-order valence-electron chi connectivity index (χ2n) is 4.48. The Morgan fingerprint density at radius 2 is 2.18 bits per heavy atom. The molecule has 5 heteroatoms. The number of carbonyl (C=O) groups excluding carboxylic acids is 1. The summed E-state index contributed by atoms with van der Waals surface area (Å²) in [7, 11) is 0. The van der Waals surface area contributed by atoms with Gasteiger partial charge in [-0.2, -0.15) is 0 Å². The Labute approximate surface area is 117 Å². The van der Waals surface area contributed by atoms with E-state index < -0.39 is 0 Å². The van der Waals surface area contributed by atoms with Crippen LogP contribution in [-0.2, 0) is 0 Å². The first-order valence-corrected chi connectivity index (χ1v) is 7.30. The third-order valence-electron chi connectivity index (χ3n) is 3.07. The maximum atomic E-state index is 11.9. The van der Waals surface area contributed by atoms with Crippen molar-refractivity contribution in [2.45, 2.75) is 12.8 Å². The Morgan fingerprint density at radius 3 is 2.71 bits per heavy atom. The molecule has 17 heavy (non-hydrogen) atoms. The first-order chi connectivity index (χ1) is 8.06. The highest BCUT2D eigenvalue weighted by Gasteiger charge is 2.41. The van der Waals surface area contributed by atoms with Gasteiger partial charge in [0.05, 0.1) is 5.56 Å². The highest BCUT2D eigenvalue weighted by Crippen LogP contribution is 2.46. The summed E-state index contributed by atoms with van der Waals surface area (Å²) in [5.74, 6) is -0.220. The summed E-state index contributed by atoms with van der Waals surface area (Å²) in [6.07, 6.45) is 2.29. The molecule has 0 spiro atoms. The lowest BCUT2D eigenvalue weighted by Gasteiger charge is -2.13. The topological polar surface area (TPSA) is 49.3 Å². The molecule has 0 atom stereocenters. The Morgan fingerprint density at radius 1 is 1.47 bits per heavy atom. The number of benzene rings is 1. The van der Waals surface area contributed by atoms with Gasteiger partial charge in [-0.3, -0.25) is 4.79 Å². The number of amides is 1. The zero-order valence-electron chi connectivity index (χ0n) is 9.17. The number of phenolic OH excluding ortho intramolecular Hbond substituents is 1. The van der Waals surface area contributed by atoms with Gasteiger partial charge in [0.2, 0.25) is 0 Å². The largest absolute Gasteiger partial charge is 0.507 e. The molecule has 0 bridgehead atoms. The van der Waals surface area contributed by atoms with Gasteiger partial charge in [-0.05, 0) is 36.5 Å². The summed E-state index contributed by atoms with van der Waals surface area (Å²) in [6.45, 7) is 0.659. The van der Waals surface area contributed by atoms with E-state index in [-0.39, 0.29) is 17.1 Å². The molecule has 0 radical (unpaired) electrons. The third kappa shape index (κ3) is 3.01. The zero-order chi connectivity index (χ0) is 12.5. The van der Waals surface area contributed by atoms with E-state index in [0.717, 1.165) is 22.6 Å². The van der Waals surface area contributed by atoms with E-state index in [9.17, 15) is 9.90 Å². The van der Waals surface area contributed by atoms with Gasteiger partial charge in [0, 0.05) is 16.3 Å². The second-order valence-corrected chi connectivity index (χ2v) is 5.95. The second kappa shape index (κ2) is 4.98. The van der Waals surface area contributed by atoms with Crippen LogP contribution in [0.1, 0.15) is 23.2 Å². The summed E-state index contributed by atoms with van der Waals surface area (Å²) in [5, 5.41) is 13.4. The lowest BCUT2D eigenvalue weighted by molar-refractivity contribution is 0.0944. The van der Waals surface area contributed by atoms with Crippen LogP contribution < -0.4 is 5.32 Å². The highest BCUT2D eigenvalue weighted by atomic mass is 79.9. The molecule has 1 aliphatic rings. The number of aromatic hydroxyl groups is 1. The molecule has 3 nitrogen and oxygen atoms in total. The van der Waals surface area contributed by atoms with Crippen LogP contribution in [0.4, 0.5) is 0 Å². The van der Waals surface area contributed by atoms with E-state index in [1.165, 1.54) is 6.07 Å². The lowest BCUT2D eigenvalue weighted by Crippen LogP contribution is -2.30. The van der Waals surface area contributed by atoms with Gasteiger partial charge in [-0.15, -0.1) is 0 Å². The van der Waals surface area contributed by atoms with Gasteiger partial charge in [0.15, 0.2) is 0 Å². The minimum absolute atomic E-state index is 0.000522. The summed E-state index contributed by atoms with van der Waals surface area (Å²) in [5.41, 5.74) is 0.555. The SMILES string of the molecule is O=C(NCC1(CBr)CC1)c1ccc(Br)cc1O. The first kappa shape index (κ1) is 12.9. The molecule has 0 heterocycles. The van der Waals surface area contributed by atoms with E-state index in [1.54, 1.807) is 12.1 Å². The predicted molar refractivity (Wildman–Crippen MR) is 73.6 cm³/mol. The molecule has 1 amide bonds. The molecular weight excluding hydrogens is 350 g/mol. The normalized spacial score (nSPS) is 16.6. The summed E-state index contributed by atoms with van der Waals surface area (Å²) >= 11 is 6.70. The van der Waals surface area contributed by atoms with Crippen molar-refractivity contribution >= 4 is 37.8 Å². The van der Waals surface area contributed by atoms with E-state index in [0.29, 0.717) is 12.1 Å². The van der Waals surface area contributed by atoms with E-state index in [1.807, 2.05) is 0 Å². The molecule has 0 aliphatic heterocycles. The Balaban J connectivity index is 2.00. The molecule has 1 saturated carbocycles. The molecule has 92 valence electrons. The van der Waals surface area contributed by atoms with Gasteiger partial charge in [0.25, 0.3) is 5.91 Å². The number of alkyl halides is 1. The molecular formula is C12H13Br2NO2. The maximum Gasteiger partial charge on any atom is 0.255 e. The number of phenols is 1. The van der Waals surface area contributed by atoms with Crippen molar-refractivity contribution in [2.24, 2.45) is 5.41 Å².